The third kappa shape index (κ3) is 8.17. The summed E-state index contributed by atoms with van der Waals surface area (Å²) in [4.78, 5) is 36.5. The first-order chi connectivity index (χ1) is 21.2. The molecule has 1 atom stereocenters. The van der Waals surface area contributed by atoms with Gasteiger partial charge in [-0.25, -0.2) is 10.2 Å². The van der Waals surface area contributed by atoms with E-state index in [9.17, 15) is 19.7 Å². The molecule has 228 valence electrons. The minimum Gasteiger partial charge on any atom is -0.483 e. The van der Waals surface area contributed by atoms with E-state index in [1.54, 1.807) is 44.2 Å². The van der Waals surface area contributed by atoms with Gasteiger partial charge in [0.2, 0.25) is 5.75 Å². The highest BCUT2D eigenvalue weighted by atomic mass is 79.9. The first kappa shape index (κ1) is 32.1. The number of esters is 1. The average Bonchev–Trinajstić information content (AvgIpc) is 2.99. The number of carbonyl (C=O) groups excluding carboxylic acids is 2. The number of nitro groups is 1. The Morgan fingerprint density at radius 3 is 2.59 bits per heavy atom. The number of ether oxygens (including phenoxy) is 3. The third-order valence-corrected chi connectivity index (χ3v) is 7.03. The van der Waals surface area contributed by atoms with Crippen molar-refractivity contribution in [2.24, 2.45) is 5.10 Å². The lowest BCUT2D eigenvalue weighted by molar-refractivity contribution is -0.386. The monoisotopic (exact) mass is 681 g/mol. The Labute approximate surface area is 266 Å². The summed E-state index contributed by atoms with van der Waals surface area (Å²) in [6.07, 6.45) is 1.27. The van der Waals surface area contributed by atoms with Crippen LogP contribution in [0.4, 0.5) is 5.69 Å². The Morgan fingerprint density at radius 1 is 1.14 bits per heavy atom. The van der Waals surface area contributed by atoms with Gasteiger partial charge in [-0.05, 0) is 59.7 Å². The number of nitrogens with zero attached hydrogens (tertiary/aromatic N) is 2. The number of hydrazone groups is 1. The predicted octanol–water partition coefficient (Wildman–Crippen LogP) is 4.82. The molecule has 0 fully saturated rings. The zero-order valence-electron chi connectivity index (χ0n) is 23.7. The van der Waals surface area contributed by atoms with Gasteiger partial charge in [0.1, 0.15) is 12.4 Å². The van der Waals surface area contributed by atoms with Gasteiger partial charge < -0.3 is 24.8 Å². The fourth-order valence-electron chi connectivity index (χ4n) is 4.29. The SMILES string of the molecule is CCOC(=O)C1=C(C)NC(=S)N[C@@H]1c1ccccc1OCC(=O)NN=Cc1cc(Br)c(OCc2ccccc2)c([N+](=O)[O-])c1. The molecule has 0 radical (unpaired) electrons. The topological polar surface area (TPSA) is 153 Å². The first-order valence-electron chi connectivity index (χ1n) is 13.3. The van der Waals surface area contributed by atoms with Crippen molar-refractivity contribution in [3.05, 3.63) is 109 Å². The molecular weight excluding hydrogens is 654 g/mol. The highest BCUT2D eigenvalue weighted by Gasteiger charge is 2.32. The van der Waals surface area contributed by atoms with Crippen LogP contribution in [0.2, 0.25) is 0 Å². The Hall–Kier alpha value is -4.82. The molecule has 0 aromatic heterocycles. The van der Waals surface area contributed by atoms with Gasteiger partial charge in [-0.2, -0.15) is 5.10 Å². The van der Waals surface area contributed by atoms with Gasteiger partial charge in [0.15, 0.2) is 11.7 Å². The molecule has 4 rings (SSSR count). The number of rotatable bonds is 12. The number of hydrogen-bond acceptors (Lipinski definition) is 9. The summed E-state index contributed by atoms with van der Waals surface area (Å²) in [7, 11) is 0. The van der Waals surface area contributed by atoms with E-state index in [2.05, 4.69) is 37.1 Å². The summed E-state index contributed by atoms with van der Waals surface area (Å²) in [6, 6.07) is 18.4. The van der Waals surface area contributed by atoms with Crippen LogP contribution >= 0.6 is 28.1 Å². The van der Waals surface area contributed by atoms with Crippen molar-refractivity contribution < 1.29 is 28.7 Å². The Kier molecular flexibility index (Phi) is 11.0. The lowest BCUT2D eigenvalue weighted by Gasteiger charge is -2.30. The smallest absolute Gasteiger partial charge is 0.338 e. The zero-order valence-corrected chi connectivity index (χ0v) is 26.1. The number of para-hydroxylation sites is 1. The summed E-state index contributed by atoms with van der Waals surface area (Å²) < 4.78 is 17.1. The van der Waals surface area contributed by atoms with Crippen molar-refractivity contribution in [3.63, 3.8) is 0 Å². The van der Waals surface area contributed by atoms with E-state index in [0.717, 1.165) is 5.56 Å². The van der Waals surface area contributed by atoms with E-state index in [0.29, 0.717) is 37.7 Å². The van der Waals surface area contributed by atoms with Gasteiger partial charge in [0.05, 0.1) is 33.8 Å². The molecular formula is C30H28BrN5O7S. The predicted molar refractivity (Wildman–Crippen MR) is 170 cm³/mol. The van der Waals surface area contributed by atoms with Gasteiger partial charge in [-0.1, -0.05) is 48.5 Å². The fourth-order valence-corrected chi connectivity index (χ4v) is 5.15. The van der Waals surface area contributed by atoms with Crippen molar-refractivity contribution in [3.8, 4) is 11.5 Å². The van der Waals surface area contributed by atoms with Crippen LogP contribution in [0, 0.1) is 10.1 Å². The van der Waals surface area contributed by atoms with Crippen molar-refractivity contribution >= 4 is 57.0 Å². The van der Waals surface area contributed by atoms with Gasteiger partial charge in [0, 0.05) is 22.9 Å². The number of hydrogen-bond donors (Lipinski definition) is 3. The van der Waals surface area contributed by atoms with Gasteiger partial charge in [-0.3, -0.25) is 14.9 Å². The number of nitrogens with one attached hydrogen (secondary N) is 3. The molecule has 1 heterocycles. The van der Waals surface area contributed by atoms with Crippen LogP contribution in [0.3, 0.4) is 0 Å². The second-order valence-corrected chi connectivity index (χ2v) is 10.6. The number of thiocarbonyl (C=S) groups is 1. The number of allylic oxidation sites excluding steroid dienone is 1. The number of benzene rings is 3. The van der Waals surface area contributed by atoms with Gasteiger partial charge in [0.25, 0.3) is 5.91 Å². The molecule has 1 amide bonds. The Bertz CT molecular complexity index is 1630. The highest BCUT2D eigenvalue weighted by Crippen LogP contribution is 2.37. The van der Waals surface area contributed by atoms with Crippen LogP contribution < -0.4 is 25.5 Å². The zero-order chi connectivity index (χ0) is 31.6. The molecule has 1 aliphatic heterocycles. The van der Waals surface area contributed by atoms with E-state index < -0.39 is 29.4 Å². The highest BCUT2D eigenvalue weighted by molar-refractivity contribution is 9.10. The Balaban J connectivity index is 1.42. The van der Waals surface area contributed by atoms with Gasteiger partial charge >= 0.3 is 11.7 Å². The van der Waals surface area contributed by atoms with E-state index >= 15 is 0 Å². The second kappa shape index (κ2) is 15.1. The summed E-state index contributed by atoms with van der Waals surface area (Å²) in [5.74, 6) is -0.679. The van der Waals surface area contributed by atoms with E-state index in [-0.39, 0.29) is 24.7 Å². The summed E-state index contributed by atoms with van der Waals surface area (Å²) in [6.45, 7) is 3.37. The normalized spacial score (nSPS) is 14.4. The molecule has 0 bridgehead atoms. The van der Waals surface area contributed by atoms with Crippen LogP contribution in [-0.2, 0) is 20.9 Å². The molecule has 12 nitrogen and oxygen atoms in total. The van der Waals surface area contributed by atoms with Crippen LogP contribution in [-0.4, -0.2) is 41.3 Å². The van der Waals surface area contributed by atoms with Gasteiger partial charge in [-0.15, -0.1) is 0 Å². The van der Waals surface area contributed by atoms with E-state index in [1.165, 1.54) is 12.3 Å². The molecule has 0 unspecified atom stereocenters. The lowest BCUT2D eigenvalue weighted by atomic mass is 9.95. The van der Waals surface area contributed by atoms with Crippen molar-refractivity contribution in [2.45, 2.75) is 26.5 Å². The maximum atomic E-state index is 12.7. The van der Waals surface area contributed by atoms with Crippen molar-refractivity contribution in [2.75, 3.05) is 13.2 Å². The van der Waals surface area contributed by atoms with E-state index in [1.807, 2.05) is 30.3 Å². The number of carbonyl (C=O) groups is 2. The van der Waals surface area contributed by atoms with E-state index in [4.69, 9.17) is 26.4 Å². The molecule has 44 heavy (non-hydrogen) atoms. The molecule has 0 aliphatic carbocycles. The molecule has 3 N–H and O–H groups in total. The van der Waals surface area contributed by atoms with Crippen LogP contribution in [0.15, 0.2) is 87.6 Å². The molecule has 14 heteroatoms. The molecule has 3 aromatic rings. The largest absolute Gasteiger partial charge is 0.483 e. The van der Waals surface area contributed by atoms with Crippen LogP contribution in [0.1, 0.15) is 36.6 Å². The molecule has 0 saturated heterocycles. The molecule has 0 spiro atoms. The number of nitro benzene ring substituents is 1. The summed E-state index contributed by atoms with van der Waals surface area (Å²) in [5.41, 5.74) is 4.74. The average molecular weight is 683 g/mol. The third-order valence-electron chi connectivity index (χ3n) is 6.23. The minimum atomic E-state index is -0.672. The fraction of sp³-hybridized carbons (Fsp3) is 0.200. The summed E-state index contributed by atoms with van der Waals surface area (Å²) in [5, 5.41) is 22.0. The lowest BCUT2D eigenvalue weighted by Crippen LogP contribution is -2.45. The number of amides is 1. The second-order valence-electron chi connectivity index (χ2n) is 9.29. The molecule has 0 saturated carbocycles. The van der Waals surface area contributed by atoms with Crippen molar-refractivity contribution in [1.29, 1.82) is 0 Å². The minimum absolute atomic E-state index is 0.0762. The molecule has 3 aromatic carbocycles. The van der Waals surface area contributed by atoms with Crippen LogP contribution in [0.5, 0.6) is 11.5 Å². The summed E-state index contributed by atoms with van der Waals surface area (Å²) >= 11 is 8.63. The van der Waals surface area contributed by atoms with Crippen molar-refractivity contribution in [1.82, 2.24) is 16.1 Å². The molecule has 1 aliphatic rings. The quantitative estimate of drug-likeness (QED) is 0.0797. The first-order valence-corrected chi connectivity index (χ1v) is 14.5. The maximum Gasteiger partial charge on any atom is 0.338 e. The Morgan fingerprint density at radius 2 is 1.86 bits per heavy atom. The number of halogens is 1. The standard InChI is InChI=1S/C30H28BrN5O7S/c1-3-41-29(38)26-18(2)33-30(44)34-27(26)21-11-7-8-12-24(21)42-17-25(37)35-32-15-20-13-22(31)28(23(14-20)36(39)40)43-16-19-9-5-4-6-10-19/h4-15,27H,3,16-17H2,1-2H3,(H,35,37)(H2,33,34,44)/t27-/m1/s1. The van der Waals surface area contributed by atoms with Crippen LogP contribution in [0.25, 0.3) is 0 Å². The maximum absolute atomic E-state index is 12.7.